The number of hydrogen-bond donors (Lipinski definition) is 2. The molecule has 0 radical (unpaired) electrons. The van der Waals surface area contributed by atoms with Gasteiger partial charge in [-0.05, 0) is 45.2 Å². The molecule has 88 valence electrons. The number of carbonyl (C=O) groups excluding carboxylic acids is 1. The first kappa shape index (κ1) is 12.5. The number of hydrazine groups is 1. The van der Waals surface area contributed by atoms with Gasteiger partial charge >= 0.3 is 0 Å². The van der Waals surface area contributed by atoms with E-state index in [0.717, 1.165) is 25.3 Å². The van der Waals surface area contributed by atoms with Crippen LogP contribution in [0.4, 0.5) is 0 Å². The van der Waals surface area contributed by atoms with Gasteiger partial charge in [0, 0.05) is 13.0 Å². The summed E-state index contributed by atoms with van der Waals surface area (Å²) in [4.78, 5) is 13.2. The minimum absolute atomic E-state index is 0.0587. The molecule has 4 nitrogen and oxygen atoms in total. The average molecular weight is 213 g/mol. The van der Waals surface area contributed by atoms with Crippen LogP contribution in [0.15, 0.2) is 0 Å². The summed E-state index contributed by atoms with van der Waals surface area (Å²) in [5, 5.41) is 0. The van der Waals surface area contributed by atoms with E-state index in [1.807, 2.05) is 0 Å². The lowest BCUT2D eigenvalue weighted by Gasteiger charge is -2.30. The van der Waals surface area contributed by atoms with Crippen molar-refractivity contribution in [1.82, 2.24) is 10.3 Å². The van der Waals surface area contributed by atoms with Gasteiger partial charge in [-0.25, -0.2) is 5.84 Å². The SMILES string of the molecule is CN(CCCCC(=O)NN)CC1CCC1. The van der Waals surface area contributed by atoms with E-state index < -0.39 is 0 Å². The van der Waals surface area contributed by atoms with Crippen LogP contribution in [0, 0.1) is 5.92 Å². The lowest BCUT2D eigenvalue weighted by Crippen LogP contribution is -2.31. The molecule has 1 saturated carbocycles. The molecule has 0 aliphatic heterocycles. The van der Waals surface area contributed by atoms with Crippen LogP contribution in [0.3, 0.4) is 0 Å². The van der Waals surface area contributed by atoms with Gasteiger partial charge in [-0.1, -0.05) is 6.42 Å². The number of unbranched alkanes of at least 4 members (excludes halogenated alkanes) is 1. The molecule has 15 heavy (non-hydrogen) atoms. The molecule has 0 saturated heterocycles. The molecule has 3 N–H and O–H groups in total. The molecule has 0 spiro atoms. The van der Waals surface area contributed by atoms with E-state index in [2.05, 4.69) is 17.4 Å². The van der Waals surface area contributed by atoms with Gasteiger partial charge in [-0.2, -0.15) is 0 Å². The van der Waals surface area contributed by atoms with Gasteiger partial charge in [0.2, 0.25) is 5.91 Å². The van der Waals surface area contributed by atoms with Crippen molar-refractivity contribution in [2.24, 2.45) is 11.8 Å². The Kier molecular flexibility index (Phi) is 5.65. The summed E-state index contributed by atoms with van der Waals surface area (Å²) in [6.07, 6.45) is 6.78. The Hall–Kier alpha value is -0.610. The number of amides is 1. The maximum absolute atomic E-state index is 10.8. The molecule has 0 unspecified atom stereocenters. The first-order chi connectivity index (χ1) is 7.22. The number of nitrogens with two attached hydrogens (primary N) is 1. The van der Waals surface area contributed by atoms with Crippen molar-refractivity contribution in [2.75, 3.05) is 20.1 Å². The summed E-state index contributed by atoms with van der Waals surface area (Å²) >= 11 is 0. The van der Waals surface area contributed by atoms with E-state index in [4.69, 9.17) is 5.84 Å². The highest BCUT2D eigenvalue weighted by atomic mass is 16.2. The summed E-state index contributed by atoms with van der Waals surface area (Å²) in [6.45, 7) is 2.32. The van der Waals surface area contributed by atoms with E-state index in [9.17, 15) is 4.79 Å². The monoisotopic (exact) mass is 213 g/mol. The third-order valence-corrected chi connectivity index (χ3v) is 3.15. The van der Waals surface area contributed by atoms with Gasteiger partial charge < -0.3 is 4.90 Å². The molecule has 1 fully saturated rings. The lowest BCUT2D eigenvalue weighted by atomic mass is 9.85. The first-order valence-electron chi connectivity index (χ1n) is 5.90. The Morgan fingerprint density at radius 1 is 1.47 bits per heavy atom. The number of nitrogens with one attached hydrogen (secondary N) is 1. The summed E-state index contributed by atoms with van der Waals surface area (Å²) in [5.41, 5.74) is 2.15. The predicted molar refractivity (Wildman–Crippen MR) is 61.0 cm³/mol. The average Bonchev–Trinajstić information content (AvgIpc) is 2.18. The Morgan fingerprint density at radius 3 is 2.73 bits per heavy atom. The fourth-order valence-electron chi connectivity index (χ4n) is 1.95. The topological polar surface area (TPSA) is 58.4 Å². The molecular weight excluding hydrogens is 190 g/mol. The summed E-state index contributed by atoms with van der Waals surface area (Å²) < 4.78 is 0. The van der Waals surface area contributed by atoms with E-state index in [-0.39, 0.29) is 5.91 Å². The highest BCUT2D eigenvalue weighted by molar-refractivity contribution is 5.74. The van der Waals surface area contributed by atoms with E-state index in [1.54, 1.807) is 0 Å². The van der Waals surface area contributed by atoms with Crippen LogP contribution >= 0.6 is 0 Å². The third-order valence-electron chi connectivity index (χ3n) is 3.15. The quantitative estimate of drug-likeness (QED) is 0.286. The molecule has 0 aromatic heterocycles. The number of carbonyl (C=O) groups is 1. The summed E-state index contributed by atoms with van der Waals surface area (Å²) in [6, 6.07) is 0. The molecule has 0 aromatic rings. The summed E-state index contributed by atoms with van der Waals surface area (Å²) in [5.74, 6) is 5.87. The molecule has 1 aliphatic carbocycles. The molecule has 1 rings (SSSR count). The lowest BCUT2D eigenvalue weighted by molar-refractivity contribution is -0.121. The Morgan fingerprint density at radius 2 is 2.20 bits per heavy atom. The zero-order valence-corrected chi connectivity index (χ0v) is 9.67. The van der Waals surface area contributed by atoms with Gasteiger partial charge in [0.1, 0.15) is 0 Å². The number of rotatable bonds is 7. The first-order valence-corrected chi connectivity index (χ1v) is 5.90. The normalized spacial score (nSPS) is 16.5. The summed E-state index contributed by atoms with van der Waals surface area (Å²) in [7, 11) is 2.17. The van der Waals surface area contributed by atoms with Crippen molar-refractivity contribution in [3.8, 4) is 0 Å². The fourth-order valence-corrected chi connectivity index (χ4v) is 1.95. The highest BCUT2D eigenvalue weighted by Crippen LogP contribution is 2.26. The highest BCUT2D eigenvalue weighted by Gasteiger charge is 2.18. The number of nitrogens with zero attached hydrogens (tertiary/aromatic N) is 1. The second-order valence-corrected chi connectivity index (χ2v) is 4.58. The standard InChI is InChI=1S/C11H23N3O/c1-14(9-10-5-4-6-10)8-3-2-7-11(15)13-12/h10H,2-9,12H2,1H3,(H,13,15). The van der Waals surface area contributed by atoms with Crippen molar-refractivity contribution < 1.29 is 4.79 Å². The Bertz CT molecular complexity index is 192. The fraction of sp³-hybridized carbons (Fsp3) is 0.909. The molecule has 1 amide bonds. The molecule has 4 heteroatoms. The van der Waals surface area contributed by atoms with Gasteiger partial charge in [0.25, 0.3) is 0 Å². The maximum atomic E-state index is 10.8. The van der Waals surface area contributed by atoms with Crippen LogP contribution in [0.1, 0.15) is 38.5 Å². The molecule has 1 aliphatic rings. The molecule has 0 aromatic carbocycles. The van der Waals surface area contributed by atoms with Crippen molar-refractivity contribution in [2.45, 2.75) is 38.5 Å². The Labute approximate surface area is 92.2 Å². The minimum atomic E-state index is -0.0587. The Balaban J connectivity index is 1.91. The minimum Gasteiger partial charge on any atom is -0.306 e. The molecule has 0 atom stereocenters. The van der Waals surface area contributed by atoms with Crippen molar-refractivity contribution >= 4 is 5.91 Å². The van der Waals surface area contributed by atoms with Crippen LogP contribution in [0.25, 0.3) is 0 Å². The van der Waals surface area contributed by atoms with Crippen LogP contribution in [-0.4, -0.2) is 30.9 Å². The predicted octanol–water partition coefficient (Wildman–Crippen LogP) is 0.879. The van der Waals surface area contributed by atoms with Gasteiger partial charge in [0.15, 0.2) is 0 Å². The van der Waals surface area contributed by atoms with Crippen molar-refractivity contribution in [3.05, 3.63) is 0 Å². The van der Waals surface area contributed by atoms with Crippen LogP contribution < -0.4 is 11.3 Å². The largest absolute Gasteiger partial charge is 0.306 e. The third kappa shape index (κ3) is 5.14. The zero-order chi connectivity index (χ0) is 11.1. The zero-order valence-electron chi connectivity index (χ0n) is 9.67. The van der Waals surface area contributed by atoms with Crippen molar-refractivity contribution in [3.63, 3.8) is 0 Å². The van der Waals surface area contributed by atoms with E-state index in [1.165, 1.54) is 25.8 Å². The molecule has 0 bridgehead atoms. The van der Waals surface area contributed by atoms with Crippen molar-refractivity contribution in [1.29, 1.82) is 0 Å². The van der Waals surface area contributed by atoms with Gasteiger partial charge in [0.05, 0.1) is 0 Å². The van der Waals surface area contributed by atoms with E-state index in [0.29, 0.717) is 6.42 Å². The van der Waals surface area contributed by atoms with Crippen LogP contribution in [0.5, 0.6) is 0 Å². The van der Waals surface area contributed by atoms with Crippen LogP contribution in [0.2, 0.25) is 0 Å². The second kappa shape index (κ2) is 6.80. The van der Waals surface area contributed by atoms with Crippen LogP contribution in [-0.2, 0) is 4.79 Å². The second-order valence-electron chi connectivity index (χ2n) is 4.58. The smallest absolute Gasteiger partial charge is 0.233 e. The molecular formula is C11H23N3O. The number of hydrogen-bond acceptors (Lipinski definition) is 3. The maximum Gasteiger partial charge on any atom is 0.233 e. The molecule has 0 heterocycles. The van der Waals surface area contributed by atoms with E-state index >= 15 is 0 Å². The van der Waals surface area contributed by atoms with Gasteiger partial charge in [-0.3, -0.25) is 10.2 Å². The van der Waals surface area contributed by atoms with Gasteiger partial charge in [-0.15, -0.1) is 0 Å².